The summed E-state index contributed by atoms with van der Waals surface area (Å²) in [5.74, 6) is -0.0921. The molecule has 0 amide bonds. The predicted molar refractivity (Wildman–Crippen MR) is 82.9 cm³/mol. The van der Waals surface area contributed by atoms with Crippen molar-refractivity contribution in [2.45, 2.75) is 13.0 Å². The van der Waals surface area contributed by atoms with E-state index in [1.165, 1.54) is 4.57 Å². The topological polar surface area (TPSA) is 78.4 Å². The number of benzene rings is 1. The standard InChI is InChI=1S/C15H11N3O2S/c16-6-3-7-18-14(19)13(21-15(18)20)8-10-9-17-12-5-2-1-4-11(10)12/h1-2,4-5,8-9,19H,3,7H2/b10-8-. The molecule has 0 radical (unpaired) electrons. The summed E-state index contributed by atoms with van der Waals surface area (Å²) in [5, 5.41) is 18.7. The number of allylic oxidation sites excluding steroid dienone is 1. The average molecular weight is 297 g/mol. The Bertz CT molecular complexity index is 853. The van der Waals surface area contributed by atoms with Gasteiger partial charge in [-0.2, -0.15) is 5.26 Å². The molecule has 0 saturated heterocycles. The number of aromatic nitrogens is 1. The summed E-state index contributed by atoms with van der Waals surface area (Å²) in [6, 6.07) is 9.65. The van der Waals surface area contributed by atoms with Crippen LogP contribution in [0.1, 0.15) is 16.9 Å². The quantitative estimate of drug-likeness (QED) is 0.946. The summed E-state index contributed by atoms with van der Waals surface area (Å²) in [7, 11) is 0. The van der Waals surface area contributed by atoms with Crippen molar-refractivity contribution in [2.24, 2.45) is 4.99 Å². The molecule has 6 heteroatoms. The van der Waals surface area contributed by atoms with Crippen LogP contribution in [0.15, 0.2) is 34.1 Å². The van der Waals surface area contributed by atoms with Gasteiger partial charge in [0.15, 0.2) is 0 Å². The zero-order chi connectivity index (χ0) is 14.8. The van der Waals surface area contributed by atoms with Gasteiger partial charge in [0.2, 0.25) is 5.88 Å². The lowest BCUT2D eigenvalue weighted by molar-refractivity contribution is 0.414. The molecule has 0 fully saturated rings. The molecule has 1 aromatic carbocycles. The lowest BCUT2D eigenvalue weighted by atomic mass is 10.1. The van der Waals surface area contributed by atoms with Gasteiger partial charge >= 0.3 is 4.87 Å². The fourth-order valence-corrected chi connectivity index (χ4v) is 3.03. The summed E-state index contributed by atoms with van der Waals surface area (Å²) in [4.78, 5) is 16.3. The number of para-hydroxylation sites is 1. The Balaban J connectivity index is 2.01. The number of rotatable bonds is 3. The molecule has 0 bridgehead atoms. The van der Waals surface area contributed by atoms with Crippen LogP contribution in [0.2, 0.25) is 0 Å². The second-order valence-electron chi connectivity index (χ2n) is 4.49. The first-order chi connectivity index (χ1) is 10.2. The van der Waals surface area contributed by atoms with E-state index in [0.29, 0.717) is 4.88 Å². The minimum atomic E-state index is -0.266. The lowest BCUT2D eigenvalue weighted by Crippen LogP contribution is -2.11. The molecule has 104 valence electrons. The molecule has 1 aromatic heterocycles. The smallest absolute Gasteiger partial charge is 0.310 e. The third-order valence-electron chi connectivity index (χ3n) is 3.19. The van der Waals surface area contributed by atoms with Gasteiger partial charge in [0.25, 0.3) is 0 Å². The normalized spacial score (nSPS) is 14.3. The minimum absolute atomic E-state index is 0.0921. The van der Waals surface area contributed by atoms with Gasteiger partial charge in [-0.25, -0.2) is 0 Å². The van der Waals surface area contributed by atoms with Crippen molar-refractivity contribution in [1.29, 1.82) is 5.26 Å². The molecule has 2 aromatic rings. The molecule has 21 heavy (non-hydrogen) atoms. The molecular formula is C15H11N3O2S. The molecule has 1 aliphatic rings. The summed E-state index contributed by atoms with van der Waals surface area (Å²) < 4.78 is 1.22. The van der Waals surface area contributed by atoms with Crippen molar-refractivity contribution in [3.8, 4) is 11.9 Å². The van der Waals surface area contributed by atoms with Crippen LogP contribution in [0.5, 0.6) is 5.88 Å². The van der Waals surface area contributed by atoms with Crippen molar-refractivity contribution in [3.05, 3.63) is 44.4 Å². The van der Waals surface area contributed by atoms with Crippen LogP contribution in [0, 0.1) is 11.3 Å². The minimum Gasteiger partial charge on any atom is -0.493 e. The number of aromatic hydroxyl groups is 1. The van der Waals surface area contributed by atoms with E-state index >= 15 is 0 Å². The highest BCUT2D eigenvalue weighted by atomic mass is 32.1. The van der Waals surface area contributed by atoms with Crippen LogP contribution in [0.25, 0.3) is 11.6 Å². The van der Waals surface area contributed by atoms with Gasteiger partial charge in [-0.3, -0.25) is 14.4 Å². The number of aliphatic imine (C=N–C) groups is 1. The monoisotopic (exact) mass is 297 g/mol. The van der Waals surface area contributed by atoms with E-state index in [1.54, 1.807) is 12.3 Å². The van der Waals surface area contributed by atoms with Gasteiger partial charge < -0.3 is 5.11 Å². The van der Waals surface area contributed by atoms with Crippen LogP contribution in [0.3, 0.4) is 0 Å². The van der Waals surface area contributed by atoms with E-state index in [1.807, 2.05) is 30.3 Å². The fraction of sp³-hybridized carbons (Fsp3) is 0.133. The SMILES string of the molecule is N#CCCn1c(O)c(/C=C2/C=Nc3ccccc32)sc1=O. The van der Waals surface area contributed by atoms with Crippen molar-refractivity contribution in [2.75, 3.05) is 0 Å². The van der Waals surface area contributed by atoms with E-state index in [-0.39, 0.29) is 23.7 Å². The maximum absolute atomic E-state index is 11.8. The van der Waals surface area contributed by atoms with E-state index < -0.39 is 0 Å². The molecule has 0 spiro atoms. The third-order valence-corrected chi connectivity index (χ3v) is 4.10. The van der Waals surface area contributed by atoms with Gasteiger partial charge in [-0.1, -0.05) is 29.5 Å². The van der Waals surface area contributed by atoms with Gasteiger partial charge in [0.1, 0.15) is 0 Å². The summed E-state index contributed by atoms with van der Waals surface area (Å²) >= 11 is 0.963. The molecule has 0 unspecified atom stereocenters. The van der Waals surface area contributed by atoms with Crippen molar-refractivity contribution >= 4 is 34.9 Å². The Kier molecular flexibility index (Phi) is 3.42. The van der Waals surface area contributed by atoms with Crippen LogP contribution in [0.4, 0.5) is 5.69 Å². The first-order valence-corrected chi connectivity index (χ1v) is 7.17. The molecule has 3 rings (SSSR count). The largest absolute Gasteiger partial charge is 0.493 e. The predicted octanol–water partition coefficient (Wildman–Crippen LogP) is 2.79. The number of hydrogen-bond donors (Lipinski definition) is 1. The molecule has 2 heterocycles. The summed E-state index contributed by atoms with van der Waals surface area (Å²) in [5.41, 5.74) is 2.70. The van der Waals surface area contributed by atoms with Gasteiger partial charge in [-0.05, 0) is 12.1 Å². The number of nitriles is 1. The zero-order valence-electron chi connectivity index (χ0n) is 11.0. The highest BCUT2D eigenvalue weighted by Gasteiger charge is 2.16. The number of nitrogens with zero attached hydrogens (tertiary/aromatic N) is 3. The molecule has 1 N–H and O–H groups in total. The molecule has 0 aliphatic carbocycles. The molecule has 5 nitrogen and oxygen atoms in total. The molecule has 0 atom stereocenters. The van der Waals surface area contributed by atoms with Crippen molar-refractivity contribution in [3.63, 3.8) is 0 Å². The molecular weight excluding hydrogens is 286 g/mol. The van der Waals surface area contributed by atoms with Crippen LogP contribution >= 0.6 is 11.3 Å². The maximum Gasteiger partial charge on any atom is 0.310 e. The second-order valence-corrected chi connectivity index (χ2v) is 5.48. The van der Waals surface area contributed by atoms with Gasteiger partial charge in [0, 0.05) is 23.9 Å². The Morgan fingerprint density at radius 1 is 1.43 bits per heavy atom. The van der Waals surface area contributed by atoms with Crippen LogP contribution < -0.4 is 4.87 Å². The fourth-order valence-electron chi connectivity index (χ4n) is 2.16. The Hall–Kier alpha value is -2.65. The van der Waals surface area contributed by atoms with Crippen molar-refractivity contribution in [1.82, 2.24) is 4.57 Å². The average Bonchev–Trinajstić information content (AvgIpc) is 3.01. The van der Waals surface area contributed by atoms with Crippen LogP contribution in [-0.4, -0.2) is 15.9 Å². The molecule has 0 saturated carbocycles. The molecule has 1 aliphatic heterocycles. The van der Waals surface area contributed by atoms with Gasteiger partial charge in [-0.15, -0.1) is 0 Å². The Morgan fingerprint density at radius 3 is 3.05 bits per heavy atom. The maximum atomic E-state index is 11.8. The highest BCUT2D eigenvalue weighted by Crippen LogP contribution is 2.34. The zero-order valence-corrected chi connectivity index (χ0v) is 11.8. The number of thiazole rings is 1. The van der Waals surface area contributed by atoms with E-state index in [2.05, 4.69) is 4.99 Å². The highest BCUT2D eigenvalue weighted by molar-refractivity contribution is 7.10. The van der Waals surface area contributed by atoms with Gasteiger partial charge in [0.05, 0.1) is 23.1 Å². The van der Waals surface area contributed by atoms with E-state index in [4.69, 9.17) is 5.26 Å². The summed E-state index contributed by atoms with van der Waals surface area (Å²) in [6.45, 7) is 0.200. The second kappa shape index (κ2) is 5.38. The Morgan fingerprint density at radius 2 is 2.24 bits per heavy atom. The first kappa shape index (κ1) is 13.3. The number of fused-ring (bicyclic) bond motifs is 1. The van der Waals surface area contributed by atoms with E-state index in [9.17, 15) is 9.90 Å². The van der Waals surface area contributed by atoms with E-state index in [0.717, 1.165) is 28.2 Å². The number of hydrogen-bond acceptors (Lipinski definition) is 5. The van der Waals surface area contributed by atoms with Crippen LogP contribution in [-0.2, 0) is 6.54 Å². The summed E-state index contributed by atoms with van der Waals surface area (Å²) in [6.07, 6.45) is 3.65. The lowest BCUT2D eigenvalue weighted by Gasteiger charge is -2.00. The Labute approximate surface area is 124 Å². The third kappa shape index (κ3) is 2.39. The first-order valence-electron chi connectivity index (χ1n) is 6.35. The van der Waals surface area contributed by atoms with Crippen molar-refractivity contribution < 1.29 is 5.11 Å².